The van der Waals surface area contributed by atoms with Gasteiger partial charge in [-0.05, 0) is 72.5 Å². The Morgan fingerprint density at radius 3 is 2.24 bits per heavy atom. The van der Waals surface area contributed by atoms with Crippen molar-refractivity contribution in [3.63, 3.8) is 0 Å². The van der Waals surface area contributed by atoms with Crippen molar-refractivity contribution in [2.75, 3.05) is 13.2 Å². The molecule has 204 valence electrons. The Kier molecular flexibility index (Phi) is 11.2. The van der Waals surface area contributed by atoms with E-state index in [9.17, 15) is 0 Å². The van der Waals surface area contributed by atoms with Gasteiger partial charge in [0.25, 0.3) is 0 Å². The predicted octanol–water partition coefficient (Wildman–Crippen LogP) is 9.94. The summed E-state index contributed by atoms with van der Waals surface area (Å²) in [5.41, 5.74) is 3.97. The zero-order valence-corrected chi connectivity index (χ0v) is 30.4. The summed E-state index contributed by atoms with van der Waals surface area (Å²) < 4.78 is 15.5. The molecule has 7 heteroatoms. The zero-order chi connectivity index (χ0) is 27.5. The summed E-state index contributed by atoms with van der Waals surface area (Å²) in [5.74, 6) is 1.27. The number of hydrogen-bond acceptors (Lipinski definition) is 2. The molecule has 3 rings (SSSR count). The highest BCUT2D eigenvalue weighted by atomic mass is 79.9. The Balaban J connectivity index is 1.63. The van der Waals surface area contributed by atoms with E-state index in [4.69, 9.17) is 9.47 Å². The van der Waals surface area contributed by atoms with Gasteiger partial charge in [-0.1, -0.05) is 127 Å². The number of allylic oxidation sites excluding steroid dienone is 5. The van der Waals surface area contributed by atoms with E-state index in [0.717, 1.165) is 38.7 Å². The van der Waals surface area contributed by atoms with Gasteiger partial charge in [-0.15, -0.1) is 0 Å². The molecule has 0 bridgehead atoms. The molecule has 0 N–H and O–H groups in total. The molecule has 3 atom stereocenters. The standard InChI is InChI=1S/C30H40Br4O2Si/c1-8-35-28-24(31)15-21(16-25(28)32)30(4,5)22-17-26(33)29(27(34)18-22)36-10-9-11-37(6,7)23-13-19(2)12-20(3)14-23/h12-17,22,24,28H,8-11,18H2,1-7H3. The molecule has 0 radical (unpaired) electrons. The molecule has 0 saturated carbocycles. The maximum Gasteiger partial charge on any atom is 0.143 e. The van der Waals surface area contributed by atoms with Crippen molar-refractivity contribution < 1.29 is 9.47 Å². The second-order valence-corrected chi connectivity index (χ2v) is 20.1. The van der Waals surface area contributed by atoms with Crippen molar-refractivity contribution in [2.24, 2.45) is 11.3 Å². The van der Waals surface area contributed by atoms with Gasteiger partial charge in [-0.2, -0.15) is 0 Å². The molecule has 0 amide bonds. The van der Waals surface area contributed by atoms with Gasteiger partial charge in [-0.3, -0.25) is 0 Å². The van der Waals surface area contributed by atoms with Crippen LogP contribution >= 0.6 is 63.7 Å². The minimum Gasteiger partial charge on any atom is -0.492 e. The number of aryl methyl sites for hydroxylation is 2. The van der Waals surface area contributed by atoms with Crippen LogP contribution in [0.5, 0.6) is 0 Å². The van der Waals surface area contributed by atoms with Crippen molar-refractivity contribution in [3.8, 4) is 0 Å². The molecule has 3 unspecified atom stereocenters. The molecule has 2 aliphatic carbocycles. The van der Waals surface area contributed by atoms with E-state index in [1.54, 1.807) is 5.19 Å². The highest BCUT2D eigenvalue weighted by Gasteiger charge is 2.38. The van der Waals surface area contributed by atoms with Gasteiger partial charge in [0.05, 0.1) is 24.0 Å². The largest absolute Gasteiger partial charge is 0.492 e. The number of benzene rings is 1. The zero-order valence-electron chi connectivity index (χ0n) is 23.1. The van der Waals surface area contributed by atoms with E-state index in [2.05, 4.69) is 141 Å². The van der Waals surface area contributed by atoms with Crippen molar-refractivity contribution in [1.82, 2.24) is 0 Å². The first-order chi connectivity index (χ1) is 17.3. The molecule has 0 saturated heterocycles. The normalized spacial score (nSPS) is 23.0. The Morgan fingerprint density at radius 2 is 1.68 bits per heavy atom. The molecule has 0 aliphatic heterocycles. The lowest BCUT2D eigenvalue weighted by molar-refractivity contribution is 0.0992. The van der Waals surface area contributed by atoms with E-state index in [1.807, 2.05) is 6.92 Å². The molecule has 0 heterocycles. The van der Waals surface area contributed by atoms with Crippen LogP contribution in [0.15, 0.2) is 61.2 Å². The molecule has 37 heavy (non-hydrogen) atoms. The van der Waals surface area contributed by atoms with Gasteiger partial charge < -0.3 is 9.47 Å². The lowest BCUT2D eigenvalue weighted by atomic mass is 9.69. The number of alkyl halides is 1. The summed E-state index contributed by atoms with van der Waals surface area (Å²) in [4.78, 5) is 0.145. The highest BCUT2D eigenvalue weighted by Crippen LogP contribution is 2.49. The molecule has 0 spiro atoms. The fourth-order valence-corrected chi connectivity index (χ4v) is 11.1. The van der Waals surface area contributed by atoms with Crippen LogP contribution in [-0.4, -0.2) is 32.2 Å². The molecule has 1 aromatic carbocycles. The van der Waals surface area contributed by atoms with Crippen molar-refractivity contribution in [2.45, 2.75) is 77.5 Å². The maximum absolute atomic E-state index is 6.35. The van der Waals surface area contributed by atoms with E-state index in [1.165, 1.54) is 22.7 Å². The van der Waals surface area contributed by atoms with E-state index >= 15 is 0 Å². The molecule has 2 aliphatic rings. The summed E-state index contributed by atoms with van der Waals surface area (Å²) in [5, 5.41) is 1.55. The van der Waals surface area contributed by atoms with Crippen LogP contribution < -0.4 is 5.19 Å². The monoisotopic (exact) mass is 776 g/mol. The van der Waals surface area contributed by atoms with Crippen LogP contribution in [-0.2, 0) is 9.47 Å². The average molecular weight is 780 g/mol. The fourth-order valence-electron chi connectivity index (χ4n) is 5.19. The first-order valence-corrected chi connectivity index (χ1v) is 19.6. The molecule has 1 aromatic rings. The van der Waals surface area contributed by atoms with Crippen molar-refractivity contribution in [1.29, 1.82) is 0 Å². The van der Waals surface area contributed by atoms with Crippen LogP contribution in [0.3, 0.4) is 0 Å². The van der Waals surface area contributed by atoms with E-state index in [-0.39, 0.29) is 16.3 Å². The lowest BCUT2D eigenvalue weighted by Gasteiger charge is -2.39. The van der Waals surface area contributed by atoms with Gasteiger partial charge in [-0.25, -0.2) is 0 Å². The van der Waals surface area contributed by atoms with Crippen LogP contribution in [0.1, 0.15) is 44.7 Å². The van der Waals surface area contributed by atoms with Crippen LogP contribution in [0.2, 0.25) is 19.1 Å². The Labute approximate surface area is 258 Å². The molecule has 0 aromatic heterocycles. The van der Waals surface area contributed by atoms with Crippen LogP contribution in [0, 0.1) is 25.2 Å². The fraction of sp³-hybridized carbons (Fsp3) is 0.533. The third-order valence-electron chi connectivity index (χ3n) is 7.62. The number of rotatable bonds is 10. The molecule has 2 nitrogen and oxygen atoms in total. The Morgan fingerprint density at radius 1 is 1.03 bits per heavy atom. The summed E-state index contributed by atoms with van der Waals surface area (Å²) in [7, 11) is -1.50. The van der Waals surface area contributed by atoms with Crippen LogP contribution in [0.4, 0.5) is 0 Å². The summed E-state index contributed by atoms with van der Waals surface area (Å²) in [6.07, 6.45) is 8.86. The van der Waals surface area contributed by atoms with Crippen molar-refractivity contribution in [3.05, 3.63) is 72.3 Å². The first kappa shape index (κ1) is 31.6. The second-order valence-electron chi connectivity index (χ2n) is 11.5. The number of hydrogen-bond donors (Lipinski definition) is 0. The van der Waals surface area contributed by atoms with Crippen molar-refractivity contribution >= 4 is 77.0 Å². The maximum atomic E-state index is 6.35. The van der Waals surface area contributed by atoms with E-state index < -0.39 is 8.07 Å². The number of halogens is 4. The Bertz CT molecular complexity index is 1100. The second kappa shape index (κ2) is 13.2. The molecular weight excluding hydrogens is 740 g/mol. The smallest absolute Gasteiger partial charge is 0.143 e. The van der Waals surface area contributed by atoms with Gasteiger partial charge >= 0.3 is 0 Å². The highest BCUT2D eigenvalue weighted by molar-refractivity contribution is 9.12. The van der Waals surface area contributed by atoms with Gasteiger partial charge in [0.2, 0.25) is 0 Å². The quantitative estimate of drug-likeness (QED) is 0.134. The number of ether oxygens (including phenoxy) is 2. The summed E-state index contributed by atoms with van der Waals surface area (Å²) >= 11 is 15.3. The third-order valence-corrected chi connectivity index (χ3v) is 13.8. The van der Waals surface area contributed by atoms with E-state index in [0.29, 0.717) is 12.5 Å². The molecule has 0 fully saturated rings. The van der Waals surface area contributed by atoms with Gasteiger partial charge in [0, 0.05) is 15.6 Å². The van der Waals surface area contributed by atoms with Gasteiger partial charge in [0.1, 0.15) is 11.9 Å². The lowest BCUT2D eigenvalue weighted by Crippen LogP contribution is -2.41. The first-order valence-electron chi connectivity index (χ1n) is 13.1. The minimum atomic E-state index is -1.50. The topological polar surface area (TPSA) is 18.5 Å². The van der Waals surface area contributed by atoms with Crippen LogP contribution in [0.25, 0.3) is 0 Å². The molecular formula is C30H40Br4O2Si. The van der Waals surface area contributed by atoms with Gasteiger partial charge in [0.15, 0.2) is 0 Å². The minimum absolute atomic E-state index is 0.0211. The average Bonchev–Trinajstić information content (AvgIpc) is 2.79. The predicted molar refractivity (Wildman–Crippen MR) is 176 cm³/mol. The SMILES string of the molecule is CCOC1C(Br)=CC(C(C)(C)C2C=C(Br)C(OCCC[Si](C)(C)c3cc(C)cc(C)c3)=C(Br)C2)=CC1Br. The summed E-state index contributed by atoms with van der Waals surface area (Å²) in [6, 6.07) is 8.24. The summed E-state index contributed by atoms with van der Waals surface area (Å²) in [6.45, 7) is 17.4. The third kappa shape index (κ3) is 7.84. The Hall–Kier alpha value is 0.0769.